The largest absolute Gasteiger partial charge is 0.493 e. The molecular formula is C54H40F8N2O14. The molecule has 0 atom stereocenters. The molecule has 0 aromatic heterocycles. The third-order valence-corrected chi connectivity index (χ3v) is 10.7. The molecule has 406 valence electrons. The Kier molecular flexibility index (Phi) is 19.5. The highest BCUT2D eigenvalue weighted by Gasteiger charge is 2.27. The average molecular weight is 1090 g/mol. The summed E-state index contributed by atoms with van der Waals surface area (Å²) in [5.41, 5.74) is -0.342. The van der Waals surface area contributed by atoms with E-state index in [2.05, 4.69) is 0 Å². The fourth-order valence-corrected chi connectivity index (χ4v) is 6.92. The zero-order valence-corrected chi connectivity index (χ0v) is 40.1. The molecule has 0 unspecified atom stereocenters. The summed E-state index contributed by atoms with van der Waals surface area (Å²) in [6.45, 7) is -1.76. The monoisotopic (exact) mass is 1090 g/mol. The lowest BCUT2D eigenvalue weighted by Crippen LogP contribution is -2.11. The SMILES string of the molecule is O=C(/C=C/c1ccc(OC(=O)c2ccc(OCCCC(F)(F)F)cc2F)cc1)OCc1cc([N+](=O)[O-])ccc1-c1ccc([N+](=O)[O-])cc1COC(=O)/C=C/c1ccc(OC(=O)c2ccc(OCCCC(F)(F)F)cc2F)cc1. The third-order valence-electron chi connectivity index (χ3n) is 10.7. The Bertz CT molecular complexity index is 3020. The number of carbonyl (C=O) groups excluding carboxylic acids is 4. The van der Waals surface area contributed by atoms with E-state index in [0.717, 1.165) is 60.7 Å². The van der Waals surface area contributed by atoms with Gasteiger partial charge in [-0.2, -0.15) is 26.3 Å². The molecule has 0 aliphatic heterocycles. The number of halogens is 8. The van der Waals surface area contributed by atoms with Crippen LogP contribution in [0.2, 0.25) is 0 Å². The number of benzene rings is 6. The lowest BCUT2D eigenvalue weighted by atomic mass is 9.95. The number of nitro benzene ring substituents is 2. The van der Waals surface area contributed by atoms with Crippen molar-refractivity contribution in [2.24, 2.45) is 0 Å². The Morgan fingerprint density at radius 3 is 1.18 bits per heavy atom. The van der Waals surface area contributed by atoms with Crippen molar-refractivity contribution >= 4 is 47.4 Å². The number of hydrogen-bond donors (Lipinski definition) is 0. The molecule has 0 bridgehead atoms. The van der Waals surface area contributed by atoms with Gasteiger partial charge in [0.05, 0.1) is 34.2 Å². The average Bonchev–Trinajstić information content (AvgIpc) is 3.38. The van der Waals surface area contributed by atoms with Gasteiger partial charge in [0.2, 0.25) is 0 Å². The maximum atomic E-state index is 14.7. The van der Waals surface area contributed by atoms with Crippen LogP contribution in [0.1, 0.15) is 68.7 Å². The number of alkyl halides is 6. The van der Waals surface area contributed by atoms with E-state index in [9.17, 15) is 74.5 Å². The summed E-state index contributed by atoms with van der Waals surface area (Å²) in [5.74, 6) is -6.30. The maximum Gasteiger partial charge on any atom is 0.389 e. The van der Waals surface area contributed by atoms with E-state index in [1.807, 2.05) is 0 Å². The number of ether oxygens (including phenoxy) is 6. The first-order valence-electron chi connectivity index (χ1n) is 22.9. The van der Waals surface area contributed by atoms with Crippen LogP contribution >= 0.6 is 0 Å². The minimum absolute atomic E-state index is 0.0170. The molecule has 0 amide bonds. The fraction of sp³-hybridized carbons (Fsp3) is 0.185. The van der Waals surface area contributed by atoms with E-state index in [1.165, 1.54) is 84.9 Å². The fourth-order valence-electron chi connectivity index (χ4n) is 6.92. The minimum atomic E-state index is -4.37. The van der Waals surface area contributed by atoms with Crippen molar-refractivity contribution in [2.75, 3.05) is 13.2 Å². The van der Waals surface area contributed by atoms with Crippen LogP contribution in [0.3, 0.4) is 0 Å². The van der Waals surface area contributed by atoms with Gasteiger partial charge >= 0.3 is 36.2 Å². The Labute approximate surface area is 436 Å². The molecule has 0 spiro atoms. The second-order valence-electron chi connectivity index (χ2n) is 16.4. The van der Waals surface area contributed by atoms with E-state index in [4.69, 9.17) is 28.4 Å². The van der Waals surface area contributed by atoms with Crippen LogP contribution in [0.4, 0.5) is 46.5 Å². The van der Waals surface area contributed by atoms with Crippen molar-refractivity contribution in [1.29, 1.82) is 0 Å². The molecule has 0 fully saturated rings. The van der Waals surface area contributed by atoms with Crippen LogP contribution in [0, 0.1) is 31.9 Å². The maximum absolute atomic E-state index is 14.7. The molecule has 24 heteroatoms. The zero-order valence-electron chi connectivity index (χ0n) is 40.1. The van der Waals surface area contributed by atoms with Gasteiger partial charge in [0, 0.05) is 72.5 Å². The van der Waals surface area contributed by atoms with Crippen molar-refractivity contribution < 1.29 is 92.6 Å². The van der Waals surface area contributed by atoms with Gasteiger partial charge in [0.15, 0.2) is 0 Å². The molecule has 78 heavy (non-hydrogen) atoms. The highest BCUT2D eigenvalue weighted by atomic mass is 19.4. The highest BCUT2D eigenvalue weighted by molar-refractivity contribution is 5.92. The second-order valence-corrected chi connectivity index (χ2v) is 16.4. The molecule has 16 nitrogen and oxygen atoms in total. The van der Waals surface area contributed by atoms with E-state index in [-0.39, 0.29) is 71.3 Å². The van der Waals surface area contributed by atoms with Crippen molar-refractivity contribution in [1.82, 2.24) is 0 Å². The molecule has 0 saturated carbocycles. The molecule has 6 rings (SSSR count). The van der Waals surface area contributed by atoms with E-state index >= 15 is 0 Å². The summed E-state index contributed by atoms with van der Waals surface area (Å²) < 4.78 is 135. The van der Waals surface area contributed by atoms with Gasteiger partial charge in [0.1, 0.15) is 47.8 Å². The Balaban J connectivity index is 1.04. The molecule has 0 aliphatic rings. The van der Waals surface area contributed by atoms with Gasteiger partial charge in [-0.05, 0) is 108 Å². The second kappa shape index (κ2) is 26.3. The minimum Gasteiger partial charge on any atom is -0.493 e. The predicted molar refractivity (Wildman–Crippen MR) is 260 cm³/mol. The summed E-state index contributed by atoms with van der Waals surface area (Å²) in [4.78, 5) is 73.3. The Hall–Kier alpha value is -9.48. The molecule has 0 saturated heterocycles. The van der Waals surface area contributed by atoms with Crippen LogP contribution in [0.5, 0.6) is 23.0 Å². The summed E-state index contributed by atoms with van der Waals surface area (Å²) in [7, 11) is 0. The molecular weight excluding hydrogens is 1050 g/mol. The van der Waals surface area contributed by atoms with Crippen LogP contribution in [-0.2, 0) is 32.3 Å². The van der Waals surface area contributed by atoms with E-state index in [0.29, 0.717) is 11.1 Å². The number of non-ortho nitro benzene ring substituents is 2. The quantitative estimate of drug-likeness (QED) is 0.0111. The van der Waals surface area contributed by atoms with Gasteiger partial charge in [-0.15, -0.1) is 0 Å². The van der Waals surface area contributed by atoms with Gasteiger partial charge < -0.3 is 28.4 Å². The normalized spacial score (nSPS) is 11.5. The topological polar surface area (TPSA) is 210 Å². The molecule has 6 aromatic rings. The number of hydrogen-bond acceptors (Lipinski definition) is 14. The van der Waals surface area contributed by atoms with Gasteiger partial charge in [-0.25, -0.2) is 28.0 Å². The van der Waals surface area contributed by atoms with Gasteiger partial charge in [-0.1, -0.05) is 24.3 Å². The zero-order chi connectivity index (χ0) is 56.6. The smallest absolute Gasteiger partial charge is 0.389 e. The number of carbonyl (C=O) groups is 4. The molecule has 0 N–H and O–H groups in total. The van der Waals surface area contributed by atoms with Gasteiger partial charge in [-0.3, -0.25) is 20.2 Å². The summed E-state index contributed by atoms with van der Waals surface area (Å²) in [5, 5.41) is 23.5. The van der Waals surface area contributed by atoms with Crippen LogP contribution in [-0.4, -0.2) is 59.3 Å². The number of nitro groups is 2. The Morgan fingerprint density at radius 2 is 0.846 bits per heavy atom. The van der Waals surface area contributed by atoms with Gasteiger partial charge in [0.25, 0.3) is 11.4 Å². The lowest BCUT2D eigenvalue weighted by Gasteiger charge is -2.14. The summed E-state index contributed by atoms with van der Waals surface area (Å²) in [6, 6.07) is 24.4. The van der Waals surface area contributed by atoms with Crippen molar-refractivity contribution in [2.45, 2.75) is 51.2 Å². The van der Waals surface area contributed by atoms with Crippen LogP contribution < -0.4 is 18.9 Å². The first-order chi connectivity index (χ1) is 37.0. The molecule has 0 aliphatic carbocycles. The van der Waals surface area contributed by atoms with E-state index in [1.54, 1.807) is 0 Å². The van der Waals surface area contributed by atoms with Crippen molar-refractivity contribution in [3.05, 3.63) is 199 Å². The summed E-state index contributed by atoms with van der Waals surface area (Å²) >= 11 is 0. The van der Waals surface area contributed by atoms with Crippen molar-refractivity contribution in [3.8, 4) is 34.1 Å². The van der Waals surface area contributed by atoms with E-state index < -0.39 is 106 Å². The third kappa shape index (κ3) is 17.8. The van der Waals surface area contributed by atoms with Crippen LogP contribution in [0.15, 0.2) is 133 Å². The standard InChI is InChI=1S/C54H40F8N2O14/c55-47-29-41(73-25-1-23-53(57,58)59)15-19-45(47)51(67)77-39-11-3-33(4-12-39)7-21-49(65)75-31-35-27-37(63(69)70)9-17-43(35)44-18-10-38(64(71)72)28-36(44)32-76-50(66)22-8-34-5-13-40(14-6-34)78-52(68)46-20-16-42(30-48(46)56)74-26-2-24-54(60,61)62/h3-22,27-30H,1-2,23-26,31-32H2/b21-7+,22-8+. The molecule has 6 aromatic carbocycles. The highest BCUT2D eigenvalue weighted by Crippen LogP contribution is 2.34. The first-order valence-corrected chi connectivity index (χ1v) is 22.9. The Morgan fingerprint density at radius 1 is 0.487 bits per heavy atom. The van der Waals surface area contributed by atoms with Crippen LogP contribution in [0.25, 0.3) is 23.3 Å². The number of nitrogens with zero attached hydrogens (tertiary/aromatic N) is 2. The summed E-state index contributed by atoms with van der Waals surface area (Å²) in [6.07, 6.45) is -6.92. The number of rotatable bonds is 23. The first kappa shape index (κ1) is 57.8. The molecule has 0 radical (unpaired) electrons. The predicted octanol–water partition coefficient (Wildman–Crippen LogP) is 12.8. The molecule has 0 heterocycles. The van der Waals surface area contributed by atoms with Crippen molar-refractivity contribution in [3.63, 3.8) is 0 Å². The lowest BCUT2D eigenvalue weighted by molar-refractivity contribution is -0.385. The number of esters is 4.